The lowest BCUT2D eigenvalue weighted by Crippen LogP contribution is -2.42. The van der Waals surface area contributed by atoms with Gasteiger partial charge in [-0.2, -0.15) is 0 Å². The lowest BCUT2D eigenvalue weighted by Gasteiger charge is -2.18. The van der Waals surface area contributed by atoms with Crippen molar-refractivity contribution < 1.29 is 8.42 Å². The van der Waals surface area contributed by atoms with Crippen molar-refractivity contribution >= 4 is 9.84 Å². The molecule has 0 heterocycles. The predicted molar refractivity (Wildman–Crippen MR) is 49.6 cm³/mol. The molecular weight excluding hydrogens is 174 g/mol. The molecule has 0 saturated heterocycles. The lowest BCUT2D eigenvalue weighted by atomic mass is 10.1. The van der Waals surface area contributed by atoms with E-state index in [1.165, 1.54) is 6.26 Å². The summed E-state index contributed by atoms with van der Waals surface area (Å²) in [4.78, 5) is 0. The Kier molecular flexibility index (Phi) is 2.25. The fourth-order valence-corrected chi connectivity index (χ4v) is 2.87. The van der Waals surface area contributed by atoms with Crippen molar-refractivity contribution in [1.29, 1.82) is 0 Å². The molecule has 4 heteroatoms. The molecule has 1 aliphatic rings. The standard InChI is InChI=1S/C8H17NO2S/c1-4-7-5-8(7,9)6(2)12(3,10)11/h6-7H,4-5,9H2,1-3H3. The highest BCUT2D eigenvalue weighted by molar-refractivity contribution is 7.91. The van der Waals surface area contributed by atoms with Crippen LogP contribution in [0.15, 0.2) is 0 Å². The average molecular weight is 191 g/mol. The number of rotatable bonds is 3. The molecule has 0 spiro atoms. The number of nitrogens with two attached hydrogens (primary N) is 1. The van der Waals surface area contributed by atoms with Crippen molar-refractivity contribution in [2.45, 2.75) is 37.5 Å². The largest absolute Gasteiger partial charge is 0.324 e. The Balaban J connectivity index is 2.74. The second-order valence-corrected chi connectivity index (χ2v) is 6.26. The highest BCUT2D eigenvalue weighted by Gasteiger charge is 2.56. The van der Waals surface area contributed by atoms with E-state index in [1.807, 2.05) is 6.92 Å². The first kappa shape index (κ1) is 9.99. The summed E-state index contributed by atoms with van der Waals surface area (Å²) in [5.41, 5.74) is 5.52. The minimum absolute atomic E-state index is 0.394. The molecule has 1 saturated carbocycles. The molecule has 1 fully saturated rings. The topological polar surface area (TPSA) is 60.2 Å². The van der Waals surface area contributed by atoms with E-state index >= 15 is 0 Å². The Labute approximate surface area is 74.3 Å². The van der Waals surface area contributed by atoms with Gasteiger partial charge >= 0.3 is 0 Å². The smallest absolute Gasteiger partial charge is 0.151 e. The maximum Gasteiger partial charge on any atom is 0.151 e. The third kappa shape index (κ3) is 1.50. The van der Waals surface area contributed by atoms with Crippen molar-refractivity contribution in [3.05, 3.63) is 0 Å². The van der Waals surface area contributed by atoms with Crippen molar-refractivity contribution in [1.82, 2.24) is 0 Å². The zero-order valence-corrected chi connectivity index (χ0v) is 8.69. The van der Waals surface area contributed by atoms with Gasteiger partial charge in [-0.1, -0.05) is 13.3 Å². The van der Waals surface area contributed by atoms with E-state index in [1.54, 1.807) is 6.92 Å². The van der Waals surface area contributed by atoms with Gasteiger partial charge in [0.05, 0.1) is 5.25 Å². The van der Waals surface area contributed by atoms with Gasteiger partial charge in [-0.15, -0.1) is 0 Å². The molecule has 0 aliphatic heterocycles. The Hall–Kier alpha value is -0.0900. The summed E-state index contributed by atoms with van der Waals surface area (Å²) in [5.74, 6) is 0.405. The van der Waals surface area contributed by atoms with Gasteiger partial charge in [-0.25, -0.2) is 8.42 Å². The SMILES string of the molecule is CCC1CC1(N)C(C)S(C)(=O)=O. The third-order valence-corrected chi connectivity index (χ3v) is 4.82. The molecule has 3 unspecified atom stereocenters. The van der Waals surface area contributed by atoms with Gasteiger partial charge in [-0.05, 0) is 19.3 Å². The van der Waals surface area contributed by atoms with Gasteiger partial charge in [0.1, 0.15) is 0 Å². The van der Waals surface area contributed by atoms with Gasteiger partial charge in [0.25, 0.3) is 0 Å². The summed E-state index contributed by atoms with van der Waals surface area (Å²) in [5, 5.41) is -0.394. The molecule has 0 amide bonds. The fourth-order valence-electron chi connectivity index (χ4n) is 1.79. The van der Waals surface area contributed by atoms with Crippen LogP contribution in [0, 0.1) is 5.92 Å². The van der Waals surface area contributed by atoms with Crippen LogP contribution in [0.5, 0.6) is 0 Å². The predicted octanol–water partition coefficient (Wildman–Crippen LogP) is 0.547. The van der Waals surface area contributed by atoms with Crippen LogP contribution < -0.4 is 5.73 Å². The van der Waals surface area contributed by atoms with E-state index in [9.17, 15) is 8.42 Å². The van der Waals surface area contributed by atoms with E-state index in [0.717, 1.165) is 12.8 Å². The maximum absolute atomic E-state index is 11.2. The van der Waals surface area contributed by atoms with Crippen molar-refractivity contribution in [3.8, 4) is 0 Å². The molecular formula is C8H17NO2S. The highest BCUT2D eigenvalue weighted by Crippen LogP contribution is 2.47. The molecule has 0 aromatic heterocycles. The van der Waals surface area contributed by atoms with E-state index in [4.69, 9.17) is 5.73 Å². The van der Waals surface area contributed by atoms with Crippen molar-refractivity contribution in [3.63, 3.8) is 0 Å². The van der Waals surface area contributed by atoms with Crippen LogP contribution in [0.2, 0.25) is 0 Å². The van der Waals surface area contributed by atoms with E-state index in [-0.39, 0.29) is 0 Å². The molecule has 0 radical (unpaired) electrons. The van der Waals surface area contributed by atoms with Crippen LogP contribution in [-0.2, 0) is 9.84 Å². The molecule has 2 N–H and O–H groups in total. The van der Waals surface area contributed by atoms with Crippen LogP contribution in [0.25, 0.3) is 0 Å². The first-order valence-electron chi connectivity index (χ1n) is 4.30. The zero-order valence-electron chi connectivity index (χ0n) is 7.87. The number of hydrogen-bond acceptors (Lipinski definition) is 3. The second-order valence-electron chi connectivity index (χ2n) is 3.89. The Bertz CT molecular complexity index is 273. The molecule has 0 bridgehead atoms. The molecule has 0 aromatic rings. The van der Waals surface area contributed by atoms with E-state index < -0.39 is 20.6 Å². The van der Waals surface area contributed by atoms with Gasteiger partial charge in [-0.3, -0.25) is 0 Å². The monoisotopic (exact) mass is 191 g/mol. The molecule has 3 atom stereocenters. The zero-order chi connectivity index (χ0) is 9.57. The van der Waals surface area contributed by atoms with Crippen molar-refractivity contribution in [2.75, 3.05) is 6.26 Å². The van der Waals surface area contributed by atoms with E-state index in [0.29, 0.717) is 5.92 Å². The summed E-state index contributed by atoms with van der Waals surface area (Å²) in [6.07, 6.45) is 3.10. The summed E-state index contributed by atoms with van der Waals surface area (Å²) in [6, 6.07) is 0. The summed E-state index contributed by atoms with van der Waals surface area (Å²) >= 11 is 0. The van der Waals surface area contributed by atoms with Crippen LogP contribution >= 0.6 is 0 Å². The van der Waals surface area contributed by atoms with Crippen LogP contribution in [0.1, 0.15) is 26.7 Å². The molecule has 12 heavy (non-hydrogen) atoms. The fraction of sp³-hybridized carbons (Fsp3) is 1.00. The van der Waals surface area contributed by atoms with E-state index in [2.05, 4.69) is 0 Å². The third-order valence-electron chi connectivity index (χ3n) is 3.09. The maximum atomic E-state index is 11.2. The normalized spacial score (nSPS) is 37.8. The number of hydrogen-bond donors (Lipinski definition) is 1. The quantitative estimate of drug-likeness (QED) is 0.708. The van der Waals surface area contributed by atoms with Gasteiger partial charge in [0.2, 0.25) is 0 Å². The van der Waals surface area contributed by atoms with Crippen LogP contribution in [-0.4, -0.2) is 25.5 Å². The Morgan fingerprint density at radius 2 is 2.17 bits per heavy atom. The molecule has 1 aliphatic carbocycles. The molecule has 0 aromatic carbocycles. The van der Waals surface area contributed by atoms with Crippen molar-refractivity contribution in [2.24, 2.45) is 11.7 Å². The summed E-state index contributed by atoms with van der Waals surface area (Å²) in [7, 11) is -2.97. The lowest BCUT2D eigenvalue weighted by molar-refractivity contribution is 0.529. The molecule has 3 nitrogen and oxygen atoms in total. The first-order chi connectivity index (χ1) is 5.32. The second kappa shape index (κ2) is 2.70. The Morgan fingerprint density at radius 3 is 2.42 bits per heavy atom. The minimum Gasteiger partial charge on any atom is -0.324 e. The average Bonchev–Trinajstić information content (AvgIpc) is 2.60. The first-order valence-corrected chi connectivity index (χ1v) is 6.25. The van der Waals surface area contributed by atoms with Gasteiger partial charge < -0.3 is 5.73 Å². The summed E-state index contributed by atoms with van der Waals surface area (Å²) < 4.78 is 22.4. The van der Waals surface area contributed by atoms with Crippen LogP contribution in [0.4, 0.5) is 0 Å². The number of sulfone groups is 1. The minimum atomic E-state index is -2.97. The molecule has 1 rings (SSSR count). The summed E-state index contributed by atoms with van der Waals surface area (Å²) in [6.45, 7) is 3.76. The van der Waals surface area contributed by atoms with Crippen LogP contribution in [0.3, 0.4) is 0 Å². The highest BCUT2D eigenvalue weighted by atomic mass is 32.2. The Morgan fingerprint density at radius 1 is 1.67 bits per heavy atom. The van der Waals surface area contributed by atoms with Gasteiger partial charge in [0.15, 0.2) is 9.84 Å². The molecule has 72 valence electrons. The van der Waals surface area contributed by atoms with Gasteiger partial charge in [0, 0.05) is 11.8 Å².